The van der Waals surface area contributed by atoms with E-state index < -0.39 is 5.41 Å². The third kappa shape index (κ3) is 2.33. The molecule has 1 fully saturated rings. The minimum Gasteiger partial charge on any atom is -0.465 e. The summed E-state index contributed by atoms with van der Waals surface area (Å²) in [5.74, 6) is 1.09. The van der Waals surface area contributed by atoms with Crippen molar-refractivity contribution in [3.8, 4) is 0 Å². The van der Waals surface area contributed by atoms with Gasteiger partial charge in [-0.05, 0) is 50.4 Å². The number of aliphatic hydroxyl groups is 1. The molecule has 0 saturated heterocycles. The normalized spacial score (nSPS) is 30.9. The Kier molecular flexibility index (Phi) is 3.78. The smallest absolute Gasteiger partial charge is 0.314 e. The van der Waals surface area contributed by atoms with Crippen molar-refractivity contribution in [2.45, 2.75) is 47.0 Å². The number of carbonyl (C=O) groups excluding carboxylic acids is 1. The van der Waals surface area contributed by atoms with Crippen LogP contribution in [0.1, 0.15) is 47.0 Å². The average Bonchev–Trinajstić information content (AvgIpc) is 2.38. The summed E-state index contributed by atoms with van der Waals surface area (Å²) in [5, 5.41) is 9.61. The van der Waals surface area contributed by atoms with E-state index in [9.17, 15) is 9.90 Å². The summed E-state index contributed by atoms with van der Waals surface area (Å²) in [7, 11) is 0. The van der Waals surface area contributed by atoms with E-state index in [-0.39, 0.29) is 12.6 Å². The number of rotatable bonds is 5. The lowest BCUT2D eigenvalue weighted by Gasteiger charge is -2.57. The first kappa shape index (κ1) is 14.6. The number of ether oxygens (including phenoxy) is 1. The van der Waals surface area contributed by atoms with Crippen LogP contribution in [0.5, 0.6) is 0 Å². The maximum atomic E-state index is 12.0. The molecule has 1 N–H and O–H groups in total. The Bertz CT molecular complexity index is 397. The van der Waals surface area contributed by atoms with Crippen LogP contribution in [0.2, 0.25) is 0 Å². The van der Waals surface area contributed by atoms with Gasteiger partial charge in [0, 0.05) is 0 Å². The third-order valence-corrected chi connectivity index (χ3v) is 5.29. The van der Waals surface area contributed by atoms with Crippen LogP contribution in [-0.4, -0.2) is 24.3 Å². The fraction of sp³-hybridized carbons (Fsp3) is 0.812. The Morgan fingerprint density at radius 1 is 1.58 bits per heavy atom. The maximum absolute atomic E-state index is 12.0. The molecule has 0 radical (unpaired) electrons. The molecule has 3 heteroatoms. The Hall–Kier alpha value is -0.830. The van der Waals surface area contributed by atoms with Gasteiger partial charge in [-0.25, -0.2) is 0 Å². The van der Waals surface area contributed by atoms with Crippen LogP contribution in [0.4, 0.5) is 0 Å². The molecule has 3 rings (SSSR count). The highest BCUT2D eigenvalue weighted by Crippen LogP contribution is 2.60. The monoisotopic (exact) mass is 266 g/mol. The van der Waals surface area contributed by atoms with Crippen LogP contribution in [-0.2, 0) is 9.53 Å². The predicted octanol–water partition coefficient (Wildman–Crippen LogP) is 2.93. The summed E-state index contributed by atoms with van der Waals surface area (Å²) in [4.78, 5) is 12.0. The summed E-state index contributed by atoms with van der Waals surface area (Å²) in [6.45, 7) is 8.46. The van der Waals surface area contributed by atoms with Gasteiger partial charge in [0.15, 0.2) is 0 Å². The number of carbonyl (C=O) groups is 1. The van der Waals surface area contributed by atoms with Crippen molar-refractivity contribution in [1.82, 2.24) is 0 Å². The number of esters is 1. The molecule has 108 valence electrons. The molecule has 3 nitrogen and oxygen atoms in total. The van der Waals surface area contributed by atoms with E-state index in [2.05, 4.69) is 19.9 Å². The van der Waals surface area contributed by atoms with E-state index in [0.29, 0.717) is 24.4 Å². The quantitative estimate of drug-likeness (QED) is 0.615. The predicted molar refractivity (Wildman–Crippen MR) is 74.5 cm³/mol. The van der Waals surface area contributed by atoms with Crippen molar-refractivity contribution in [3.63, 3.8) is 0 Å². The van der Waals surface area contributed by atoms with Gasteiger partial charge in [0.05, 0.1) is 18.6 Å². The molecule has 3 aliphatic rings. The van der Waals surface area contributed by atoms with E-state index in [4.69, 9.17) is 4.74 Å². The molecule has 0 aromatic carbocycles. The van der Waals surface area contributed by atoms with Gasteiger partial charge >= 0.3 is 5.97 Å². The highest BCUT2D eigenvalue weighted by molar-refractivity contribution is 5.77. The number of aliphatic hydroxyl groups excluding tert-OH is 1. The van der Waals surface area contributed by atoms with Crippen molar-refractivity contribution >= 4 is 5.97 Å². The molecule has 0 amide bonds. The molecule has 1 saturated carbocycles. The molecular formula is C16H26O3. The van der Waals surface area contributed by atoms with E-state index in [1.165, 1.54) is 12.0 Å². The third-order valence-electron chi connectivity index (χ3n) is 5.29. The van der Waals surface area contributed by atoms with E-state index >= 15 is 0 Å². The minimum atomic E-state index is -0.791. The fourth-order valence-electron chi connectivity index (χ4n) is 3.62. The lowest BCUT2D eigenvalue weighted by molar-refractivity contribution is -0.157. The maximum Gasteiger partial charge on any atom is 0.314 e. The standard InChI is InChI=1S/C16H26O3/c1-5-19-14(18)16(4,10-17)9-11-6-7-12-8-13(11)15(12,2)3/h6,12-13,17H,5,7-10H2,1-4H3/t12-,13-,16+/m0/s1. The van der Waals surface area contributed by atoms with Crippen molar-refractivity contribution in [3.05, 3.63) is 11.6 Å². The van der Waals surface area contributed by atoms with Crippen LogP contribution in [0.25, 0.3) is 0 Å². The van der Waals surface area contributed by atoms with Crippen molar-refractivity contribution in [2.75, 3.05) is 13.2 Å². The van der Waals surface area contributed by atoms with Gasteiger partial charge in [0.2, 0.25) is 0 Å². The van der Waals surface area contributed by atoms with E-state index in [1.807, 2.05) is 6.92 Å². The number of allylic oxidation sites excluding steroid dienone is 2. The van der Waals surface area contributed by atoms with E-state index in [1.54, 1.807) is 6.92 Å². The second-order valence-electron chi connectivity index (χ2n) is 6.94. The first-order valence-corrected chi connectivity index (χ1v) is 7.32. The summed E-state index contributed by atoms with van der Waals surface area (Å²) < 4.78 is 5.11. The SMILES string of the molecule is CCOC(=O)[C@@](C)(CO)CC1=CC[C@H]2C[C@@H]1C2(C)C. The zero-order chi connectivity index (χ0) is 14.3. The van der Waals surface area contributed by atoms with Gasteiger partial charge in [-0.1, -0.05) is 25.5 Å². The molecule has 0 aliphatic heterocycles. The molecule has 3 atom stereocenters. The molecule has 0 aromatic heterocycles. The van der Waals surface area contributed by atoms with Gasteiger partial charge in [-0.15, -0.1) is 0 Å². The Labute approximate surface area is 116 Å². The second kappa shape index (κ2) is 4.93. The first-order chi connectivity index (χ1) is 8.85. The zero-order valence-corrected chi connectivity index (χ0v) is 12.5. The summed E-state index contributed by atoms with van der Waals surface area (Å²) in [6, 6.07) is 0. The van der Waals surface area contributed by atoms with Crippen LogP contribution >= 0.6 is 0 Å². The first-order valence-electron chi connectivity index (χ1n) is 7.32. The second-order valence-corrected chi connectivity index (χ2v) is 6.94. The molecule has 0 unspecified atom stereocenters. The lowest BCUT2D eigenvalue weighted by Crippen LogP contribution is -2.49. The van der Waals surface area contributed by atoms with Crippen LogP contribution in [0, 0.1) is 22.7 Å². The van der Waals surface area contributed by atoms with Crippen LogP contribution < -0.4 is 0 Å². The van der Waals surface area contributed by atoms with Crippen LogP contribution in [0.3, 0.4) is 0 Å². The topological polar surface area (TPSA) is 46.5 Å². The molecule has 0 aromatic rings. The molecule has 0 heterocycles. The molecular weight excluding hydrogens is 240 g/mol. The number of hydrogen-bond donors (Lipinski definition) is 1. The molecule has 19 heavy (non-hydrogen) atoms. The largest absolute Gasteiger partial charge is 0.465 e. The average molecular weight is 266 g/mol. The Balaban J connectivity index is 2.11. The number of fused-ring (bicyclic) bond motifs is 1. The van der Waals surface area contributed by atoms with Crippen molar-refractivity contribution in [1.29, 1.82) is 0 Å². The van der Waals surface area contributed by atoms with Gasteiger partial charge in [0.1, 0.15) is 0 Å². The Morgan fingerprint density at radius 3 is 2.74 bits per heavy atom. The van der Waals surface area contributed by atoms with Gasteiger partial charge < -0.3 is 9.84 Å². The zero-order valence-electron chi connectivity index (χ0n) is 12.5. The fourth-order valence-corrected chi connectivity index (χ4v) is 3.62. The summed E-state index contributed by atoms with van der Waals surface area (Å²) in [5.41, 5.74) is 0.909. The van der Waals surface area contributed by atoms with Crippen LogP contribution in [0.15, 0.2) is 11.6 Å². The van der Waals surface area contributed by atoms with Crippen molar-refractivity contribution < 1.29 is 14.6 Å². The molecule has 0 spiro atoms. The van der Waals surface area contributed by atoms with Gasteiger partial charge in [-0.2, -0.15) is 0 Å². The molecule has 2 bridgehead atoms. The summed E-state index contributed by atoms with van der Waals surface area (Å²) >= 11 is 0. The highest BCUT2D eigenvalue weighted by Gasteiger charge is 2.52. The highest BCUT2D eigenvalue weighted by atomic mass is 16.5. The minimum absolute atomic E-state index is 0.153. The lowest BCUT2D eigenvalue weighted by atomic mass is 9.48. The molecule has 3 aliphatic carbocycles. The summed E-state index contributed by atoms with van der Waals surface area (Å²) in [6.07, 6.45) is 5.27. The van der Waals surface area contributed by atoms with Gasteiger partial charge in [-0.3, -0.25) is 4.79 Å². The van der Waals surface area contributed by atoms with Gasteiger partial charge in [0.25, 0.3) is 0 Å². The Morgan fingerprint density at radius 2 is 2.26 bits per heavy atom. The van der Waals surface area contributed by atoms with E-state index in [0.717, 1.165) is 12.3 Å². The van der Waals surface area contributed by atoms with Crippen molar-refractivity contribution in [2.24, 2.45) is 22.7 Å². The number of hydrogen-bond acceptors (Lipinski definition) is 3.